The van der Waals surface area contributed by atoms with E-state index in [1.807, 2.05) is 0 Å². The Morgan fingerprint density at radius 1 is 1.62 bits per heavy atom. The fourth-order valence-electron chi connectivity index (χ4n) is 0.228. The Morgan fingerprint density at radius 2 is 2.12 bits per heavy atom. The van der Waals surface area contributed by atoms with Crippen molar-refractivity contribution in [2.45, 2.75) is 6.42 Å². The van der Waals surface area contributed by atoms with Crippen LogP contribution in [0, 0.1) is 0 Å². The number of nitrogens with two attached hydrogens (primary N) is 1. The van der Waals surface area contributed by atoms with E-state index in [2.05, 4.69) is 0 Å². The molecule has 0 aliphatic carbocycles. The maximum absolute atomic E-state index is 10.2. The summed E-state index contributed by atoms with van der Waals surface area (Å²) in [6.45, 7) is 0.408. The van der Waals surface area contributed by atoms with Crippen LogP contribution in [0.4, 0.5) is 0 Å². The van der Waals surface area contributed by atoms with Crippen molar-refractivity contribution < 1.29 is 4.79 Å². The highest BCUT2D eigenvalue weighted by Gasteiger charge is 1.93. The lowest BCUT2D eigenvalue weighted by Gasteiger charge is -1.86. The van der Waals surface area contributed by atoms with Crippen LogP contribution in [0.25, 0.3) is 0 Å². The normalized spacial score (nSPS) is 7.75. The van der Waals surface area contributed by atoms with Crippen molar-refractivity contribution in [3.8, 4) is 0 Å². The summed E-state index contributed by atoms with van der Waals surface area (Å²) in [7, 11) is 0. The summed E-state index contributed by atoms with van der Waals surface area (Å²) in [5.74, 6) is 0.112. The van der Waals surface area contributed by atoms with E-state index in [0.717, 1.165) is 0 Å². The molecule has 0 aromatic carbocycles. The zero-order chi connectivity index (χ0) is 5.70. The minimum absolute atomic E-state index is 0. The van der Waals surface area contributed by atoms with Crippen molar-refractivity contribution in [1.29, 1.82) is 0 Å². The summed E-state index contributed by atoms with van der Waals surface area (Å²) in [4.78, 5) is 10.2. The summed E-state index contributed by atoms with van der Waals surface area (Å²) in [6.07, 6.45) is 0.406. The van der Waals surface area contributed by atoms with Gasteiger partial charge in [0.05, 0.1) is 5.88 Å². The molecule has 0 heterocycles. The monoisotopic (exact) mass is 157 g/mol. The van der Waals surface area contributed by atoms with Crippen molar-refractivity contribution in [3.63, 3.8) is 0 Å². The second-order valence-corrected chi connectivity index (χ2v) is 1.48. The van der Waals surface area contributed by atoms with E-state index < -0.39 is 0 Å². The molecule has 0 fully saturated rings. The quantitative estimate of drug-likeness (QED) is 0.610. The molecule has 0 spiro atoms. The third kappa shape index (κ3) is 6.21. The van der Waals surface area contributed by atoms with Crippen LogP contribution in [-0.4, -0.2) is 18.2 Å². The summed E-state index contributed by atoms with van der Waals surface area (Å²) < 4.78 is 0. The highest BCUT2D eigenvalue weighted by Crippen LogP contribution is 1.81. The Balaban J connectivity index is 0. The first kappa shape index (κ1) is 11.1. The predicted molar refractivity (Wildman–Crippen MR) is 36.6 cm³/mol. The van der Waals surface area contributed by atoms with Gasteiger partial charge in [-0.1, -0.05) is 0 Å². The molecule has 50 valence electrons. The Kier molecular flexibility index (Phi) is 9.97. The Hall–Kier alpha value is 0.210. The SMILES string of the molecule is Cl.NCCC(=O)CCl. The van der Waals surface area contributed by atoms with Crippen LogP contribution in [0.5, 0.6) is 0 Å². The third-order valence-electron chi connectivity index (χ3n) is 0.572. The molecule has 0 amide bonds. The minimum Gasteiger partial charge on any atom is -0.330 e. The minimum atomic E-state index is 0. The van der Waals surface area contributed by atoms with Gasteiger partial charge in [-0.2, -0.15) is 0 Å². The molecule has 2 N–H and O–H groups in total. The first-order valence-electron chi connectivity index (χ1n) is 2.09. The highest BCUT2D eigenvalue weighted by atomic mass is 35.5. The maximum Gasteiger partial charge on any atom is 0.148 e. The van der Waals surface area contributed by atoms with E-state index in [1.165, 1.54) is 0 Å². The number of Topliss-reactive ketones (excluding diaryl/α,β-unsaturated/α-hetero) is 1. The number of hydrogen-bond donors (Lipinski definition) is 1. The predicted octanol–water partition coefficient (Wildman–Crippen LogP) is 0.565. The zero-order valence-electron chi connectivity index (χ0n) is 4.39. The van der Waals surface area contributed by atoms with Crippen LogP contribution >= 0.6 is 24.0 Å². The zero-order valence-corrected chi connectivity index (χ0v) is 5.97. The lowest BCUT2D eigenvalue weighted by Crippen LogP contribution is -2.08. The van der Waals surface area contributed by atoms with Crippen LogP contribution in [0.15, 0.2) is 0 Å². The average Bonchev–Trinajstić information content (AvgIpc) is 1.68. The first-order chi connectivity index (χ1) is 3.31. The number of carbonyl (C=O) groups excluding carboxylic acids is 1. The number of ketones is 1. The van der Waals surface area contributed by atoms with Crippen LogP contribution in [-0.2, 0) is 4.79 Å². The molecule has 4 heteroatoms. The second kappa shape index (κ2) is 7.21. The average molecular weight is 158 g/mol. The molecule has 0 unspecified atom stereocenters. The number of halogens is 2. The molecule has 2 nitrogen and oxygen atoms in total. The van der Waals surface area contributed by atoms with Gasteiger partial charge in [-0.25, -0.2) is 0 Å². The molecular weight excluding hydrogens is 149 g/mol. The molecule has 0 atom stereocenters. The maximum atomic E-state index is 10.2. The van der Waals surface area contributed by atoms with E-state index in [0.29, 0.717) is 13.0 Å². The highest BCUT2D eigenvalue weighted by molar-refractivity contribution is 6.27. The molecule has 0 aliphatic rings. The standard InChI is InChI=1S/C4H8ClNO.ClH/c5-3-4(7)1-2-6;/h1-3,6H2;1H. The molecule has 0 bridgehead atoms. The molecule has 0 saturated heterocycles. The lowest BCUT2D eigenvalue weighted by atomic mass is 10.3. The van der Waals surface area contributed by atoms with Gasteiger partial charge in [0, 0.05) is 6.42 Å². The fourth-order valence-corrected chi connectivity index (χ4v) is 0.361. The van der Waals surface area contributed by atoms with Gasteiger partial charge < -0.3 is 5.73 Å². The van der Waals surface area contributed by atoms with E-state index in [4.69, 9.17) is 17.3 Å². The van der Waals surface area contributed by atoms with Gasteiger partial charge in [0.15, 0.2) is 0 Å². The van der Waals surface area contributed by atoms with Crippen molar-refractivity contribution in [3.05, 3.63) is 0 Å². The van der Waals surface area contributed by atoms with Gasteiger partial charge in [0.25, 0.3) is 0 Å². The van der Waals surface area contributed by atoms with Crippen molar-refractivity contribution in [2.24, 2.45) is 5.73 Å². The molecule has 8 heavy (non-hydrogen) atoms. The summed E-state index contributed by atoms with van der Waals surface area (Å²) >= 11 is 5.13. The Bertz CT molecular complexity index is 67.1. The summed E-state index contributed by atoms with van der Waals surface area (Å²) in [6, 6.07) is 0. The van der Waals surface area contributed by atoms with Crippen molar-refractivity contribution in [1.82, 2.24) is 0 Å². The summed E-state index contributed by atoms with van der Waals surface area (Å²) in [5.41, 5.74) is 5.03. The van der Waals surface area contributed by atoms with E-state index >= 15 is 0 Å². The van der Waals surface area contributed by atoms with Crippen LogP contribution in [0.2, 0.25) is 0 Å². The number of rotatable bonds is 3. The third-order valence-corrected chi connectivity index (χ3v) is 0.870. The number of alkyl halides is 1. The van der Waals surface area contributed by atoms with Gasteiger partial charge in [0.2, 0.25) is 0 Å². The van der Waals surface area contributed by atoms with Crippen molar-refractivity contribution in [2.75, 3.05) is 12.4 Å². The smallest absolute Gasteiger partial charge is 0.148 e. The van der Waals surface area contributed by atoms with Crippen LogP contribution in [0.1, 0.15) is 6.42 Å². The largest absolute Gasteiger partial charge is 0.330 e. The molecular formula is C4H9Cl2NO. The van der Waals surface area contributed by atoms with E-state index in [9.17, 15) is 4.79 Å². The van der Waals surface area contributed by atoms with Crippen LogP contribution < -0.4 is 5.73 Å². The fraction of sp³-hybridized carbons (Fsp3) is 0.750. The molecule has 0 aromatic rings. The van der Waals surface area contributed by atoms with Gasteiger partial charge >= 0.3 is 0 Å². The number of carbonyl (C=O) groups is 1. The molecule has 0 saturated carbocycles. The lowest BCUT2D eigenvalue weighted by molar-refractivity contribution is -0.116. The molecule has 0 radical (unpaired) electrons. The Morgan fingerprint density at radius 3 is 2.25 bits per heavy atom. The summed E-state index contributed by atoms with van der Waals surface area (Å²) in [5, 5.41) is 0. The van der Waals surface area contributed by atoms with E-state index in [-0.39, 0.29) is 24.1 Å². The molecule has 0 aliphatic heterocycles. The Labute approximate surface area is 59.8 Å². The second-order valence-electron chi connectivity index (χ2n) is 1.21. The van der Waals surface area contributed by atoms with Gasteiger partial charge in [0.1, 0.15) is 5.78 Å². The van der Waals surface area contributed by atoms with Gasteiger partial charge in [-0.15, -0.1) is 24.0 Å². The number of hydrogen-bond acceptors (Lipinski definition) is 2. The van der Waals surface area contributed by atoms with Crippen molar-refractivity contribution >= 4 is 29.8 Å². The van der Waals surface area contributed by atoms with Gasteiger partial charge in [-0.05, 0) is 6.54 Å². The molecule has 0 rings (SSSR count). The van der Waals surface area contributed by atoms with E-state index in [1.54, 1.807) is 0 Å². The topological polar surface area (TPSA) is 43.1 Å². The van der Waals surface area contributed by atoms with Gasteiger partial charge in [-0.3, -0.25) is 4.79 Å². The van der Waals surface area contributed by atoms with Crippen LogP contribution in [0.3, 0.4) is 0 Å². The molecule has 0 aromatic heterocycles. The first-order valence-corrected chi connectivity index (χ1v) is 2.62.